The van der Waals surface area contributed by atoms with Gasteiger partial charge in [0.05, 0.1) is 6.54 Å². The highest BCUT2D eigenvalue weighted by Gasteiger charge is 2.05. The van der Waals surface area contributed by atoms with Gasteiger partial charge in [0.15, 0.2) is 0 Å². The first kappa shape index (κ1) is 20.0. The van der Waals surface area contributed by atoms with Crippen molar-refractivity contribution in [2.45, 2.75) is 26.7 Å². The van der Waals surface area contributed by atoms with Crippen molar-refractivity contribution in [2.75, 3.05) is 27.8 Å². The number of amides is 3. The molecule has 0 fully saturated rings. The molecule has 0 unspecified atom stereocenters. The van der Waals surface area contributed by atoms with Crippen molar-refractivity contribution >= 4 is 40.5 Å². The molecule has 142 valence electrons. The number of benzene rings is 2. The van der Waals surface area contributed by atoms with E-state index >= 15 is 0 Å². The summed E-state index contributed by atoms with van der Waals surface area (Å²) in [6.07, 6.45) is 1.29. The Morgan fingerprint density at radius 1 is 0.778 bits per heavy atom. The van der Waals surface area contributed by atoms with Gasteiger partial charge in [0, 0.05) is 36.1 Å². The highest BCUT2D eigenvalue weighted by atomic mass is 16.2. The smallest absolute Gasteiger partial charge is 0.243 e. The molecule has 7 nitrogen and oxygen atoms in total. The maximum atomic E-state index is 12.1. The van der Waals surface area contributed by atoms with Crippen LogP contribution in [0, 0.1) is 0 Å². The van der Waals surface area contributed by atoms with Gasteiger partial charge in [0.1, 0.15) is 0 Å². The van der Waals surface area contributed by atoms with E-state index in [4.69, 9.17) is 0 Å². The summed E-state index contributed by atoms with van der Waals surface area (Å²) in [5, 5.41) is 11.3. The van der Waals surface area contributed by atoms with E-state index < -0.39 is 0 Å². The normalized spacial score (nSPS) is 10.0. The lowest BCUT2D eigenvalue weighted by Crippen LogP contribution is -2.21. The summed E-state index contributed by atoms with van der Waals surface area (Å²) in [6, 6.07) is 14.1. The van der Waals surface area contributed by atoms with Crippen LogP contribution < -0.4 is 21.3 Å². The van der Waals surface area contributed by atoms with E-state index in [-0.39, 0.29) is 24.3 Å². The molecule has 7 heteroatoms. The lowest BCUT2D eigenvalue weighted by atomic mass is 10.2. The third-order valence-electron chi connectivity index (χ3n) is 3.57. The van der Waals surface area contributed by atoms with Crippen LogP contribution in [0.15, 0.2) is 48.5 Å². The Morgan fingerprint density at radius 2 is 1.37 bits per heavy atom. The quantitative estimate of drug-likeness (QED) is 0.573. The number of hydrogen-bond acceptors (Lipinski definition) is 4. The van der Waals surface area contributed by atoms with Gasteiger partial charge in [-0.05, 0) is 48.9 Å². The minimum absolute atomic E-state index is 0.0147. The largest absolute Gasteiger partial charge is 0.376 e. The first-order valence-corrected chi connectivity index (χ1v) is 8.77. The Kier molecular flexibility index (Phi) is 7.37. The van der Waals surface area contributed by atoms with Gasteiger partial charge in [-0.2, -0.15) is 0 Å². The predicted octanol–water partition coefficient (Wildman–Crippen LogP) is 3.43. The van der Waals surface area contributed by atoms with Gasteiger partial charge in [0.25, 0.3) is 0 Å². The third kappa shape index (κ3) is 7.19. The number of rotatable bonds is 8. The Labute approximate surface area is 158 Å². The zero-order valence-electron chi connectivity index (χ0n) is 15.5. The molecule has 0 aromatic heterocycles. The molecular weight excluding hydrogens is 344 g/mol. The molecule has 27 heavy (non-hydrogen) atoms. The van der Waals surface area contributed by atoms with Crippen LogP contribution in [0.25, 0.3) is 0 Å². The molecule has 4 N–H and O–H groups in total. The van der Waals surface area contributed by atoms with Crippen molar-refractivity contribution in [3.8, 4) is 0 Å². The van der Waals surface area contributed by atoms with Crippen molar-refractivity contribution in [2.24, 2.45) is 0 Å². The Morgan fingerprint density at radius 3 is 2.00 bits per heavy atom. The molecule has 2 aromatic rings. The molecule has 0 heterocycles. The van der Waals surface area contributed by atoms with E-state index in [1.54, 1.807) is 48.5 Å². The molecule has 0 bridgehead atoms. The molecule has 2 aromatic carbocycles. The average molecular weight is 368 g/mol. The molecular formula is C20H24N4O3. The van der Waals surface area contributed by atoms with E-state index in [9.17, 15) is 14.4 Å². The zero-order valence-corrected chi connectivity index (χ0v) is 15.5. The Hall–Kier alpha value is -3.35. The predicted molar refractivity (Wildman–Crippen MR) is 108 cm³/mol. The van der Waals surface area contributed by atoms with Crippen LogP contribution in [-0.2, 0) is 14.4 Å². The first-order chi connectivity index (χ1) is 13.0. The van der Waals surface area contributed by atoms with Crippen molar-refractivity contribution in [1.82, 2.24) is 0 Å². The molecule has 0 saturated heterocycles. The molecule has 0 aliphatic carbocycles. The van der Waals surface area contributed by atoms with Crippen LogP contribution in [0.4, 0.5) is 22.7 Å². The van der Waals surface area contributed by atoms with Gasteiger partial charge in [-0.25, -0.2) is 0 Å². The van der Waals surface area contributed by atoms with Crippen LogP contribution >= 0.6 is 0 Å². The second-order valence-corrected chi connectivity index (χ2v) is 6.04. The van der Waals surface area contributed by atoms with Crippen molar-refractivity contribution in [3.05, 3.63) is 48.5 Å². The van der Waals surface area contributed by atoms with E-state index in [0.29, 0.717) is 17.8 Å². The molecule has 0 saturated carbocycles. The van der Waals surface area contributed by atoms with Crippen LogP contribution in [0.1, 0.15) is 26.7 Å². The van der Waals surface area contributed by atoms with Gasteiger partial charge >= 0.3 is 0 Å². The van der Waals surface area contributed by atoms with Crippen molar-refractivity contribution in [3.63, 3.8) is 0 Å². The third-order valence-corrected chi connectivity index (χ3v) is 3.57. The minimum atomic E-state index is -0.213. The summed E-state index contributed by atoms with van der Waals surface area (Å²) in [5.41, 5.74) is 2.71. The summed E-state index contributed by atoms with van der Waals surface area (Å²) in [5.74, 6) is -0.399. The lowest BCUT2D eigenvalue weighted by molar-refractivity contribution is -0.116. The fraction of sp³-hybridized carbons (Fsp3) is 0.250. The van der Waals surface area contributed by atoms with E-state index in [2.05, 4.69) is 21.3 Å². The molecule has 3 amide bonds. The number of carbonyl (C=O) groups excluding carboxylic acids is 3. The van der Waals surface area contributed by atoms with E-state index in [1.807, 2.05) is 6.92 Å². The molecule has 0 aliphatic rings. The fourth-order valence-corrected chi connectivity index (χ4v) is 2.39. The van der Waals surface area contributed by atoms with Gasteiger partial charge in [-0.15, -0.1) is 0 Å². The minimum Gasteiger partial charge on any atom is -0.376 e. The Bertz CT molecular complexity index is 803. The number of hydrogen-bond donors (Lipinski definition) is 4. The topological polar surface area (TPSA) is 99.3 Å². The van der Waals surface area contributed by atoms with Gasteiger partial charge in [0.2, 0.25) is 17.7 Å². The average Bonchev–Trinajstić information content (AvgIpc) is 2.61. The number of carbonyl (C=O) groups is 3. The molecule has 0 atom stereocenters. The zero-order chi connectivity index (χ0) is 19.6. The highest BCUT2D eigenvalue weighted by Crippen LogP contribution is 2.16. The summed E-state index contributed by atoms with van der Waals surface area (Å²) >= 11 is 0. The monoisotopic (exact) mass is 368 g/mol. The molecule has 0 aliphatic heterocycles. The van der Waals surface area contributed by atoms with Crippen LogP contribution in [-0.4, -0.2) is 24.3 Å². The van der Waals surface area contributed by atoms with Gasteiger partial charge in [-0.3, -0.25) is 14.4 Å². The van der Waals surface area contributed by atoms with Crippen LogP contribution in [0.3, 0.4) is 0 Å². The Balaban J connectivity index is 1.83. The maximum absolute atomic E-state index is 12.1. The second kappa shape index (κ2) is 9.96. The summed E-state index contributed by atoms with van der Waals surface area (Å²) in [7, 11) is 0. The van der Waals surface area contributed by atoms with Crippen LogP contribution in [0.5, 0.6) is 0 Å². The highest BCUT2D eigenvalue weighted by molar-refractivity contribution is 5.95. The fourth-order valence-electron chi connectivity index (χ4n) is 2.39. The van der Waals surface area contributed by atoms with Crippen LogP contribution in [0.2, 0.25) is 0 Å². The van der Waals surface area contributed by atoms with E-state index in [0.717, 1.165) is 17.8 Å². The standard InChI is InChI=1S/C20H24N4O3/c1-3-5-19(26)23-16-10-8-15(9-11-16)21-13-20(27)24-18-7-4-6-17(12-18)22-14(2)25/h4,6-12,21H,3,5,13H2,1-2H3,(H,22,25)(H,23,26)(H,24,27). The summed E-state index contributed by atoms with van der Waals surface area (Å²) in [4.78, 5) is 34.7. The van der Waals surface area contributed by atoms with Gasteiger partial charge < -0.3 is 21.3 Å². The summed E-state index contributed by atoms with van der Waals surface area (Å²) in [6.45, 7) is 3.47. The number of nitrogens with one attached hydrogen (secondary N) is 4. The number of anilines is 4. The van der Waals surface area contributed by atoms with Crippen molar-refractivity contribution in [1.29, 1.82) is 0 Å². The van der Waals surface area contributed by atoms with Gasteiger partial charge in [-0.1, -0.05) is 13.0 Å². The lowest BCUT2D eigenvalue weighted by Gasteiger charge is -2.10. The second-order valence-electron chi connectivity index (χ2n) is 6.04. The maximum Gasteiger partial charge on any atom is 0.243 e. The van der Waals surface area contributed by atoms with E-state index in [1.165, 1.54) is 6.92 Å². The summed E-state index contributed by atoms with van der Waals surface area (Å²) < 4.78 is 0. The van der Waals surface area contributed by atoms with Crippen molar-refractivity contribution < 1.29 is 14.4 Å². The molecule has 0 spiro atoms. The molecule has 0 radical (unpaired) electrons. The SMILES string of the molecule is CCCC(=O)Nc1ccc(NCC(=O)Nc2cccc(NC(C)=O)c2)cc1. The molecule has 2 rings (SSSR count). The first-order valence-electron chi connectivity index (χ1n) is 8.77.